The topological polar surface area (TPSA) is 86.1 Å². The molecule has 0 aliphatic heterocycles. The molecular formula is C7H7N3O2. The van der Waals surface area contributed by atoms with Gasteiger partial charge in [0.15, 0.2) is 0 Å². The molecule has 0 bridgehead atoms. The molecule has 0 aromatic rings. The summed E-state index contributed by atoms with van der Waals surface area (Å²) in [5.41, 5.74) is 8.30. The van der Waals surface area contributed by atoms with Crippen LogP contribution in [-0.2, 0) is 4.79 Å². The average molecular weight is 165 g/mol. The zero-order valence-corrected chi connectivity index (χ0v) is 6.21. The van der Waals surface area contributed by atoms with E-state index in [1.807, 2.05) is 0 Å². The molecule has 1 atom stereocenters. The second kappa shape index (κ2) is 3.59. The molecule has 0 aromatic carbocycles. The fourth-order valence-corrected chi connectivity index (χ4v) is 1.03. The predicted molar refractivity (Wildman–Crippen MR) is 42.4 cm³/mol. The molecule has 62 valence electrons. The molecule has 0 aromatic heterocycles. The summed E-state index contributed by atoms with van der Waals surface area (Å²) in [6, 6.07) is 0. The third-order valence-corrected chi connectivity index (χ3v) is 1.61. The molecule has 1 N–H and O–H groups in total. The minimum absolute atomic E-state index is 0.172. The monoisotopic (exact) mass is 165 g/mol. The van der Waals surface area contributed by atoms with Crippen molar-refractivity contribution >= 4 is 5.97 Å². The fraction of sp³-hybridized carbons (Fsp3) is 0.286. The van der Waals surface area contributed by atoms with Gasteiger partial charge in [0.2, 0.25) is 0 Å². The summed E-state index contributed by atoms with van der Waals surface area (Å²) in [6.07, 6.45) is 4.87. The lowest BCUT2D eigenvalue weighted by Gasteiger charge is -2.04. The maximum atomic E-state index is 10.5. The normalized spacial score (nSPS) is 20.0. The Morgan fingerprint density at radius 2 is 2.58 bits per heavy atom. The Morgan fingerprint density at radius 3 is 3.17 bits per heavy atom. The second-order valence-corrected chi connectivity index (χ2v) is 2.33. The first-order valence-electron chi connectivity index (χ1n) is 3.38. The lowest BCUT2D eigenvalue weighted by Crippen LogP contribution is -2.10. The van der Waals surface area contributed by atoms with Gasteiger partial charge in [-0.3, -0.25) is 0 Å². The Kier molecular flexibility index (Phi) is 2.50. The lowest BCUT2D eigenvalue weighted by molar-refractivity contribution is -0.133. The van der Waals surface area contributed by atoms with Crippen molar-refractivity contribution < 1.29 is 9.90 Å². The Labute approximate surface area is 68.6 Å². The number of azide groups is 1. The van der Waals surface area contributed by atoms with Crippen molar-refractivity contribution in [2.45, 2.75) is 0 Å². The predicted octanol–water partition coefficient (Wildman–Crippen LogP) is 1.49. The van der Waals surface area contributed by atoms with Crippen molar-refractivity contribution in [3.63, 3.8) is 0 Å². The van der Waals surface area contributed by atoms with Crippen LogP contribution < -0.4 is 0 Å². The second-order valence-electron chi connectivity index (χ2n) is 2.33. The van der Waals surface area contributed by atoms with Crippen molar-refractivity contribution in [3.8, 4) is 0 Å². The van der Waals surface area contributed by atoms with Crippen molar-refractivity contribution in [1.82, 2.24) is 0 Å². The zero-order valence-electron chi connectivity index (χ0n) is 6.21. The van der Waals surface area contributed by atoms with Gasteiger partial charge in [-0.25, -0.2) is 4.79 Å². The smallest absolute Gasteiger partial charge is 0.332 e. The minimum atomic E-state index is -0.960. The van der Waals surface area contributed by atoms with Gasteiger partial charge in [0.05, 0.1) is 0 Å². The third-order valence-electron chi connectivity index (χ3n) is 1.61. The van der Waals surface area contributed by atoms with Crippen LogP contribution in [0.4, 0.5) is 0 Å². The minimum Gasteiger partial charge on any atom is -0.478 e. The van der Waals surface area contributed by atoms with E-state index in [1.165, 1.54) is 6.08 Å². The molecule has 5 nitrogen and oxygen atoms in total. The largest absolute Gasteiger partial charge is 0.478 e. The van der Waals surface area contributed by atoms with Crippen LogP contribution in [0.5, 0.6) is 0 Å². The molecule has 12 heavy (non-hydrogen) atoms. The first kappa shape index (κ1) is 8.36. The van der Waals surface area contributed by atoms with Gasteiger partial charge in [0.25, 0.3) is 0 Å². The summed E-state index contributed by atoms with van der Waals surface area (Å²) >= 11 is 0. The van der Waals surface area contributed by atoms with Gasteiger partial charge in [0.1, 0.15) is 0 Å². The van der Waals surface area contributed by atoms with Crippen molar-refractivity contribution in [3.05, 3.63) is 34.2 Å². The van der Waals surface area contributed by atoms with E-state index in [0.717, 1.165) is 0 Å². The molecule has 0 fully saturated rings. The Hall–Kier alpha value is -1.74. The molecule has 5 heteroatoms. The average Bonchev–Trinajstić information content (AvgIpc) is 2.48. The summed E-state index contributed by atoms with van der Waals surface area (Å²) < 4.78 is 0. The Balaban J connectivity index is 2.67. The van der Waals surface area contributed by atoms with Gasteiger partial charge < -0.3 is 5.11 Å². The van der Waals surface area contributed by atoms with Crippen LogP contribution in [-0.4, -0.2) is 17.6 Å². The van der Waals surface area contributed by atoms with Gasteiger partial charge in [-0.1, -0.05) is 23.3 Å². The highest BCUT2D eigenvalue weighted by atomic mass is 16.4. The van der Waals surface area contributed by atoms with Crippen LogP contribution in [0.15, 0.2) is 28.9 Å². The van der Waals surface area contributed by atoms with E-state index in [9.17, 15) is 4.79 Å². The van der Waals surface area contributed by atoms with E-state index in [2.05, 4.69) is 10.0 Å². The fourth-order valence-electron chi connectivity index (χ4n) is 1.03. The van der Waals surface area contributed by atoms with Crippen LogP contribution in [0.1, 0.15) is 0 Å². The maximum Gasteiger partial charge on any atom is 0.332 e. The van der Waals surface area contributed by atoms with E-state index in [1.54, 1.807) is 12.2 Å². The number of carbonyl (C=O) groups is 1. The standard InChI is InChI=1S/C7H7N3O2/c8-10-9-4-5-2-1-3-6(5)7(11)12/h1-3,5H,4H2,(H,11,12). The first-order valence-corrected chi connectivity index (χ1v) is 3.38. The Morgan fingerprint density at radius 1 is 1.83 bits per heavy atom. The van der Waals surface area contributed by atoms with Crippen LogP contribution in [0, 0.1) is 5.92 Å². The van der Waals surface area contributed by atoms with Crippen LogP contribution in [0.2, 0.25) is 0 Å². The molecule has 1 aliphatic rings. The molecular weight excluding hydrogens is 158 g/mol. The van der Waals surface area contributed by atoms with Crippen LogP contribution in [0.3, 0.4) is 0 Å². The number of nitrogens with zero attached hydrogens (tertiary/aromatic N) is 3. The van der Waals surface area contributed by atoms with E-state index < -0.39 is 5.97 Å². The SMILES string of the molecule is [N-]=[N+]=NCC1C=CC=C1C(=O)O. The lowest BCUT2D eigenvalue weighted by atomic mass is 10.0. The molecule has 0 amide bonds. The molecule has 1 unspecified atom stereocenters. The summed E-state index contributed by atoms with van der Waals surface area (Å²) in [7, 11) is 0. The molecule has 1 aliphatic carbocycles. The molecule has 1 rings (SSSR count). The van der Waals surface area contributed by atoms with Crippen molar-refractivity contribution in [1.29, 1.82) is 0 Å². The number of aliphatic carboxylic acids is 1. The highest BCUT2D eigenvalue weighted by Gasteiger charge is 2.19. The highest BCUT2D eigenvalue weighted by Crippen LogP contribution is 2.19. The zero-order chi connectivity index (χ0) is 8.97. The molecule has 0 radical (unpaired) electrons. The van der Waals surface area contributed by atoms with Crippen molar-refractivity contribution in [2.75, 3.05) is 6.54 Å². The quantitative estimate of drug-likeness (QED) is 0.390. The van der Waals surface area contributed by atoms with Gasteiger partial charge in [-0.05, 0) is 5.53 Å². The summed E-state index contributed by atoms with van der Waals surface area (Å²) in [5, 5.41) is 12.0. The Bertz CT molecular complexity index is 300. The number of allylic oxidation sites excluding steroid dienone is 2. The van der Waals surface area contributed by atoms with E-state index in [4.69, 9.17) is 10.6 Å². The van der Waals surface area contributed by atoms with Crippen LogP contribution in [0.25, 0.3) is 10.4 Å². The summed E-state index contributed by atoms with van der Waals surface area (Å²) in [4.78, 5) is 13.1. The van der Waals surface area contributed by atoms with E-state index in [-0.39, 0.29) is 18.0 Å². The number of carboxylic acids is 1. The van der Waals surface area contributed by atoms with Gasteiger partial charge in [-0.2, -0.15) is 0 Å². The number of rotatable bonds is 3. The first-order chi connectivity index (χ1) is 5.75. The van der Waals surface area contributed by atoms with E-state index >= 15 is 0 Å². The molecule has 0 spiro atoms. The highest BCUT2D eigenvalue weighted by molar-refractivity contribution is 5.89. The van der Waals surface area contributed by atoms with Crippen molar-refractivity contribution in [2.24, 2.45) is 11.0 Å². The number of hydrogen-bond donors (Lipinski definition) is 1. The van der Waals surface area contributed by atoms with E-state index in [0.29, 0.717) is 0 Å². The van der Waals surface area contributed by atoms with Crippen LogP contribution >= 0.6 is 0 Å². The molecule has 0 saturated heterocycles. The third kappa shape index (κ3) is 1.65. The van der Waals surface area contributed by atoms with Gasteiger partial charge >= 0.3 is 5.97 Å². The summed E-state index contributed by atoms with van der Waals surface area (Å²) in [5.74, 6) is -1.23. The van der Waals surface area contributed by atoms with Gasteiger partial charge in [0, 0.05) is 22.9 Å². The number of hydrogen-bond acceptors (Lipinski definition) is 2. The maximum absolute atomic E-state index is 10.5. The van der Waals surface area contributed by atoms with Gasteiger partial charge in [-0.15, -0.1) is 0 Å². The summed E-state index contributed by atoms with van der Waals surface area (Å²) in [6.45, 7) is 0.172. The molecule has 0 heterocycles. The molecule has 0 saturated carbocycles. The number of carboxylic acid groups (broad SMARTS) is 1.